The molecule has 1 aliphatic heterocycles. The van der Waals surface area contributed by atoms with Gasteiger partial charge < -0.3 is 0 Å². The number of rotatable bonds is 5. The zero-order valence-corrected chi connectivity index (χ0v) is 22.7. The summed E-state index contributed by atoms with van der Waals surface area (Å²) < 4.78 is 25.2. The Kier molecular flexibility index (Phi) is 5.71. The Balaban J connectivity index is 1.18. The Morgan fingerprint density at radius 2 is 1.61 bits per heavy atom. The number of likely N-dealkylation sites (tertiary alicyclic amines) is 1. The molecule has 1 saturated heterocycles. The van der Waals surface area contributed by atoms with Crippen molar-refractivity contribution >= 4 is 20.9 Å². The molecule has 1 atom stereocenters. The smallest absolute Gasteiger partial charge is 0.181 e. The highest BCUT2D eigenvalue weighted by Crippen LogP contribution is 2.37. The highest BCUT2D eigenvalue weighted by Gasteiger charge is 2.37. The third-order valence-corrected chi connectivity index (χ3v) is 11.4. The molecule has 38 heavy (non-hydrogen) atoms. The molecule has 0 bridgehead atoms. The highest BCUT2D eigenvalue weighted by molar-refractivity contribution is 7.92. The number of aryl methyl sites for hydroxylation is 2. The first-order chi connectivity index (χ1) is 18.4. The van der Waals surface area contributed by atoms with Gasteiger partial charge in [0.25, 0.3) is 0 Å². The average Bonchev–Trinajstić information content (AvgIpc) is 3.55. The van der Waals surface area contributed by atoms with Crippen LogP contribution in [0, 0.1) is 0 Å². The number of sulfone groups is 1. The molecule has 7 heteroatoms. The predicted molar refractivity (Wildman–Crippen MR) is 151 cm³/mol. The van der Waals surface area contributed by atoms with Crippen LogP contribution in [0.25, 0.3) is 33.4 Å². The number of benzene rings is 2. The van der Waals surface area contributed by atoms with Gasteiger partial charge in [0.05, 0.1) is 15.8 Å². The Labute approximate surface area is 224 Å². The van der Waals surface area contributed by atoms with E-state index >= 15 is 0 Å². The Morgan fingerprint density at radius 1 is 0.895 bits per heavy atom. The van der Waals surface area contributed by atoms with E-state index in [-0.39, 0.29) is 5.25 Å². The fourth-order valence-electron chi connectivity index (χ4n) is 6.45. The molecule has 7 rings (SSSR count). The number of aromatic nitrogens is 3. The minimum atomic E-state index is -3.20. The summed E-state index contributed by atoms with van der Waals surface area (Å²) >= 11 is 0. The van der Waals surface area contributed by atoms with Crippen molar-refractivity contribution in [3.05, 3.63) is 65.9 Å². The van der Waals surface area contributed by atoms with Gasteiger partial charge in [-0.25, -0.2) is 13.4 Å². The van der Waals surface area contributed by atoms with Gasteiger partial charge in [0.1, 0.15) is 0 Å². The lowest BCUT2D eigenvalue weighted by atomic mass is 9.90. The molecular formula is C31H34N4O2S. The summed E-state index contributed by atoms with van der Waals surface area (Å²) in [7, 11) is -3.20. The summed E-state index contributed by atoms with van der Waals surface area (Å²) in [6, 6.07) is 16.2. The lowest BCUT2D eigenvalue weighted by molar-refractivity contribution is 0.118. The van der Waals surface area contributed by atoms with Gasteiger partial charge >= 0.3 is 0 Å². The molecule has 0 spiro atoms. The second-order valence-electron chi connectivity index (χ2n) is 11.6. The zero-order chi connectivity index (χ0) is 25.9. The molecule has 1 unspecified atom stereocenters. The van der Waals surface area contributed by atoms with Crippen molar-refractivity contribution in [2.24, 2.45) is 0 Å². The maximum Gasteiger partial charge on any atom is 0.181 e. The van der Waals surface area contributed by atoms with Crippen LogP contribution < -0.4 is 0 Å². The van der Waals surface area contributed by atoms with Crippen molar-refractivity contribution in [3.8, 4) is 22.4 Å². The summed E-state index contributed by atoms with van der Waals surface area (Å²) in [6.45, 7) is 4.96. The predicted octanol–water partition coefficient (Wildman–Crippen LogP) is 5.96. The van der Waals surface area contributed by atoms with Crippen LogP contribution in [-0.2, 0) is 22.7 Å². The van der Waals surface area contributed by atoms with E-state index in [4.69, 9.17) is 0 Å². The number of hydrogen-bond donors (Lipinski definition) is 1. The molecule has 2 aromatic carbocycles. The second-order valence-corrected chi connectivity index (χ2v) is 13.9. The van der Waals surface area contributed by atoms with E-state index in [1.165, 1.54) is 55.5 Å². The summed E-state index contributed by atoms with van der Waals surface area (Å²) in [5.41, 5.74) is 7.93. The van der Waals surface area contributed by atoms with Gasteiger partial charge in [-0.1, -0.05) is 30.3 Å². The molecule has 1 N–H and O–H groups in total. The van der Waals surface area contributed by atoms with Crippen molar-refractivity contribution in [3.63, 3.8) is 0 Å². The molecule has 196 valence electrons. The van der Waals surface area contributed by atoms with Gasteiger partial charge in [-0.2, -0.15) is 5.10 Å². The monoisotopic (exact) mass is 526 g/mol. The second kappa shape index (κ2) is 9.02. The third-order valence-electron chi connectivity index (χ3n) is 9.12. The Hall–Kier alpha value is -3.03. The SMILES string of the molecule is CC1(N2CCCC2)CCc2ccc(-c3cnc4n[nH]c(-c5ccc(S(=O)(=O)C6CC6)cc5)c4c3)cc2CC1. The Bertz CT molecular complexity index is 1620. The minimum Gasteiger partial charge on any atom is -0.298 e. The van der Waals surface area contributed by atoms with Gasteiger partial charge in [-0.05, 0) is 106 Å². The quantitative estimate of drug-likeness (QED) is 0.325. The zero-order valence-electron chi connectivity index (χ0n) is 21.9. The van der Waals surface area contributed by atoms with Crippen LogP contribution >= 0.6 is 0 Å². The van der Waals surface area contributed by atoms with Gasteiger partial charge in [0.15, 0.2) is 15.5 Å². The molecule has 1 saturated carbocycles. The summed E-state index contributed by atoms with van der Waals surface area (Å²) in [5.74, 6) is 0. The number of H-pyrrole nitrogens is 1. The molecule has 3 heterocycles. The standard InChI is InChI=1S/C31H34N4O2S/c1-31(35-16-2-3-17-35)14-12-21-4-5-23(18-24(21)13-15-31)25-19-28-29(33-34-30(28)32-20-25)22-6-8-26(9-7-22)38(36,37)27-10-11-27/h4-9,18-20,27H,2-3,10-17H2,1H3,(H,32,33,34). The number of fused-ring (bicyclic) bond motifs is 2. The molecule has 2 fully saturated rings. The highest BCUT2D eigenvalue weighted by atomic mass is 32.2. The molecule has 0 radical (unpaired) electrons. The first-order valence-electron chi connectivity index (χ1n) is 14.0. The normalized spacial score (nSPS) is 22.4. The van der Waals surface area contributed by atoms with Gasteiger partial charge in [-0.15, -0.1) is 0 Å². The molecule has 2 aliphatic carbocycles. The lowest BCUT2D eigenvalue weighted by Crippen LogP contribution is -2.44. The molecule has 4 aromatic rings. The average molecular weight is 527 g/mol. The lowest BCUT2D eigenvalue weighted by Gasteiger charge is -2.38. The molecule has 6 nitrogen and oxygen atoms in total. The van der Waals surface area contributed by atoms with Gasteiger partial charge in [0.2, 0.25) is 0 Å². The van der Waals surface area contributed by atoms with E-state index in [1.807, 2.05) is 18.3 Å². The van der Waals surface area contributed by atoms with Crippen molar-refractivity contribution in [1.82, 2.24) is 20.1 Å². The topological polar surface area (TPSA) is 79.0 Å². The van der Waals surface area contributed by atoms with E-state index in [1.54, 1.807) is 12.1 Å². The van der Waals surface area contributed by atoms with Crippen LogP contribution in [0.4, 0.5) is 0 Å². The number of hydrogen-bond acceptors (Lipinski definition) is 5. The van der Waals surface area contributed by atoms with Gasteiger partial charge in [-0.3, -0.25) is 10.00 Å². The number of nitrogens with zero attached hydrogens (tertiary/aromatic N) is 3. The Morgan fingerprint density at radius 3 is 2.34 bits per heavy atom. The van der Waals surface area contributed by atoms with Gasteiger partial charge in [0, 0.05) is 28.2 Å². The van der Waals surface area contributed by atoms with Crippen LogP contribution in [0.15, 0.2) is 59.6 Å². The van der Waals surface area contributed by atoms with Crippen LogP contribution in [0.2, 0.25) is 0 Å². The van der Waals surface area contributed by atoms with Crippen molar-refractivity contribution in [2.45, 2.75) is 74.0 Å². The molecule has 2 aromatic heterocycles. The first-order valence-corrected chi connectivity index (χ1v) is 15.5. The fraction of sp³-hybridized carbons (Fsp3) is 0.419. The van der Waals surface area contributed by atoms with Crippen molar-refractivity contribution in [2.75, 3.05) is 13.1 Å². The van der Waals surface area contributed by atoms with E-state index in [9.17, 15) is 8.42 Å². The molecule has 3 aliphatic rings. The van der Waals surface area contributed by atoms with Crippen LogP contribution in [0.1, 0.15) is 56.6 Å². The van der Waals surface area contributed by atoms with E-state index < -0.39 is 9.84 Å². The van der Waals surface area contributed by atoms with Crippen LogP contribution in [-0.4, -0.2) is 52.4 Å². The largest absolute Gasteiger partial charge is 0.298 e. The maximum atomic E-state index is 12.6. The van der Waals surface area contributed by atoms with Crippen LogP contribution in [0.5, 0.6) is 0 Å². The number of pyridine rings is 1. The summed E-state index contributed by atoms with van der Waals surface area (Å²) in [6.07, 6.45) is 10.8. The first kappa shape index (κ1) is 24.0. The molecular weight excluding hydrogens is 492 g/mol. The maximum absolute atomic E-state index is 12.6. The van der Waals surface area contributed by atoms with Crippen molar-refractivity contribution in [1.29, 1.82) is 0 Å². The summed E-state index contributed by atoms with van der Waals surface area (Å²) in [4.78, 5) is 7.78. The third kappa shape index (κ3) is 4.16. The molecule has 0 amide bonds. The van der Waals surface area contributed by atoms with Crippen LogP contribution in [0.3, 0.4) is 0 Å². The van der Waals surface area contributed by atoms with Crippen molar-refractivity contribution < 1.29 is 8.42 Å². The number of aromatic amines is 1. The van der Waals surface area contributed by atoms with E-state index in [0.29, 0.717) is 16.1 Å². The summed E-state index contributed by atoms with van der Waals surface area (Å²) in [5, 5.41) is 8.28. The van der Waals surface area contributed by atoms with E-state index in [2.05, 4.69) is 51.3 Å². The minimum absolute atomic E-state index is 0.206. The fourth-order valence-corrected chi connectivity index (χ4v) is 8.10. The van der Waals surface area contributed by atoms with E-state index in [0.717, 1.165) is 47.9 Å². The number of nitrogens with one attached hydrogen (secondary N) is 1.